The Morgan fingerprint density at radius 2 is 2.42 bits per heavy atom. The van der Waals surface area contributed by atoms with Crippen molar-refractivity contribution in [2.45, 2.75) is 13.0 Å². The summed E-state index contributed by atoms with van der Waals surface area (Å²) in [5.74, 6) is 0.856. The zero-order chi connectivity index (χ0) is 8.97. The van der Waals surface area contributed by atoms with Gasteiger partial charge < -0.3 is 10.6 Å². The molecule has 12 heavy (non-hydrogen) atoms. The van der Waals surface area contributed by atoms with Gasteiger partial charge in [-0.2, -0.15) is 5.10 Å². The number of rotatable bonds is 3. The van der Waals surface area contributed by atoms with E-state index in [1.165, 1.54) is 0 Å². The van der Waals surface area contributed by atoms with Gasteiger partial charge in [0.1, 0.15) is 0 Å². The van der Waals surface area contributed by atoms with Gasteiger partial charge in [0.25, 0.3) is 0 Å². The predicted molar refractivity (Wildman–Crippen MR) is 49.0 cm³/mol. The summed E-state index contributed by atoms with van der Waals surface area (Å²) in [5, 5.41) is 7.73. The number of anilines is 1. The Morgan fingerprint density at radius 3 is 2.92 bits per heavy atom. The predicted octanol–water partition coefficient (Wildman–Crippen LogP) is 0.260. The molecule has 0 bridgehead atoms. The lowest BCUT2D eigenvalue weighted by Crippen LogP contribution is -2.33. The van der Waals surface area contributed by atoms with Gasteiger partial charge in [-0.05, 0) is 19.1 Å². The highest BCUT2D eigenvalue weighted by atomic mass is 15.2. The van der Waals surface area contributed by atoms with Gasteiger partial charge in [0, 0.05) is 25.8 Å². The van der Waals surface area contributed by atoms with E-state index >= 15 is 0 Å². The Labute approximate surface area is 72.4 Å². The summed E-state index contributed by atoms with van der Waals surface area (Å²) in [4.78, 5) is 1.98. The number of nitrogens with two attached hydrogens (primary N) is 1. The molecule has 0 radical (unpaired) electrons. The van der Waals surface area contributed by atoms with E-state index < -0.39 is 0 Å². The molecule has 0 aliphatic heterocycles. The minimum Gasteiger partial charge on any atom is -0.357 e. The molecule has 1 rings (SSSR count). The molecule has 0 aliphatic rings. The van der Waals surface area contributed by atoms with Crippen LogP contribution in [0.25, 0.3) is 0 Å². The first-order valence-corrected chi connectivity index (χ1v) is 3.94. The van der Waals surface area contributed by atoms with Crippen LogP contribution in [0.3, 0.4) is 0 Å². The molecule has 0 saturated heterocycles. The molecule has 0 aliphatic carbocycles. The third-order valence-electron chi connectivity index (χ3n) is 1.51. The zero-order valence-corrected chi connectivity index (χ0v) is 7.44. The van der Waals surface area contributed by atoms with Crippen LogP contribution in [0.2, 0.25) is 0 Å². The summed E-state index contributed by atoms with van der Waals surface area (Å²) < 4.78 is 0. The molecule has 1 unspecified atom stereocenters. The highest BCUT2D eigenvalue weighted by Crippen LogP contribution is 2.04. The molecule has 0 spiro atoms. The van der Waals surface area contributed by atoms with Crippen molar-refractivity contribution in [1.29, 1.82) is 0 Å². The molecule has 0 fully saturated rings. The fourth-order valence-corrected chi connectivity index (χ4v) is 1.02. The van der Waals surface area contributed by atoms with E-state index in [1.807, 2.05) is 31.0 Å². The normalized spacial score (nSPS) is 12.6. The second kappa shape index (κ2) is 4.01. The van der Waals surface area contributed by atoms with Gasteiger partial charge in [-0.3, -0.25) is 0 Å². The van der Waals surface area contributed by atoms with E-state index in [-0.39, 0.29) is 6.04 Å². The van der Waals surface area contributed by atoms with Crippen LogP contribution in [-0.4, -0.2) is 29.8 Å². The van der Waals surface area contributed by atoms with Crippen LogP contribution in [0.5, 0.6) is 0 Å². The molecule has 1 heterocycles. The minimum absolute atomic E-state index is 0.150. The third-order valence-corrected chi connectivity index (χ3v) is 1.51. The van der Waals surface area contributed by atoms with Crippen LogP contribution in [-0.2, 0) is 0 Å². The van der Waals surface area contributed by atoms with Gasteiger partial charge >= 0.3 is 0 Å². The second-order valence-electron chi connectivity index (χ2n) is 2.94. The van der Waals surface area contributed by atoms with Crippen LogP contribution in [0, 0.1) is 0 Å². The first kappa shape index (κ1) is 8.93. The van der Waals surface area contributed by atoms with Gasteiger partial charge in [-0.1, -0.05) is 0 Å². The van der Waals surface area contributed by atoms with Gasteiger partial charge in [0.15, 0.2) is 5.82 Å². The molecule has 1 atom stereocenters. The lowest BCUT2D eigenvalue weighted by atomic mass is 10.3. The van der Waals surface area contributed by atoms with Crippen LogP contribution in [0.1, 0.15) is 6.92 Å². The number of hydrogen-bond donors (Lipinski definition) is 1. The highest BCUT2D eigenvalue weighted by molar-refractivity contribution is 5.34. The average molecular weight is 166 g/mol. The molecule has 1 aromatic rings. The van der Waals surface area contributed by atoms with E-state index in [0.717, 1.165) is 12.4 Å². The largest absolute Gasteiger partial charge is 0.357 e. The fraction of sp³-hybridized carbons (Fsp3) is 0.500. The van der Waals surface area contributed by atoms with Crippen molar-refractivity contribution in [3.8, 4) is 0 Å². The Bertz CT molecular complexity index is 222. The Kier molecular flexibility index (Phi) is 2.99. The summed E-state index contributed by atoms with van der Waals surface area (Å²) >= 11 is 0. The van der Waals surface area contributed by atoms with Crippen molar-refractivity contribution in [3.05, 3.63) is 18.3 Å². The average Bonchev–Trinajstić information content (AvgIpc) is 2.05. The maximum atomic E-state index is 5.64. The monoisotopic (exact) mass is 166 g/mol. The lowest BCUT2D eigenvalue weighted by molar-refractivity contribution is 0.707. The van der Waals surface area contributed by atoms with Crippen LogP contribution in [0.15, 0.2) is 18.3 Å². The molecule has 66 valence electrons. The highest BCUT2D eigenvalue weighted by Gasteiger charge is 2.03. The first-order chi connectivity index (χ1) is 5.70. The Balaban J connectivity index is 2.59. The van der Waals surface area contributed by atoms with Gasteiger partial charge in [-0.15, -0.1) is 5.10 Å². The number of likely N-dealkylation sites (N-methyl/N-ethyl adjacent to an activating group) is 1. The molecular weight excluding hydrogens is 152 g/mol. The SMILES string of the molecule is CC(N)CN(C)c1cccnn1. The summed E-state index contributed by atoms with van der Waals surface area (Å²) in [6, 6.07) is 3.92. The smallest absolute Gasteiger partial charge is 0.151 e. The summed E-state index contributed by atoms with van der Waals surface area (Å²) in [6.45, 7) is 2.76. The van der Waals surface area contributed by atoms with E-state index in [2.05, 4.69) is 10.2 Å². The summed E-state index contributed by atoms with van der Waals surface area (Å²) in [5.41, 5.74) is 5.64. The van der Waals surface area contributed by atoms with Gasteiger partial charge in [0.2, 0.25) is 0 Å². The fourth-order valence-electron chi connectivity index (χ4n) is 1.02. The lowest BCUT2D eigenvalue weighted by Gasteiger charge is -2.18. The van der Waals surface area contributed by atoms with Crippen LogP contribution in [0.4, 0.5) is 5.82 Å². The molecular formula is C8H14N4. The molecule has 0 aromatic carbocycles. The molecule has 4 nitrogen and oxygen atoms in total. The van der Waals surface area contributed by atoms with Crippen molar-refractivity contribution in [2.24, 2.45) is 5.73 Å². The van der Waals surface area contributed by atoms with E-state index in [9.17, 15) is 0 Å². The van der Waals surface area contributed by atoms with Crippen LogP contribution >= 0.6 is 0 Å². The second-order valence-corrected chi connectivity index (χ2v) is 2.94. The molecule has 1 aromatic heterocycles. The zero-order valence-electron chi connectivity index (χ0n) is 7.44. The molecule has 2 N–H and O–H groups in total. The van der Waals surface area contributed by atoms with E-state index in [1.54, 1.807) is 6.20 Å². The van der Waals surface area contributed by atoms with E-state index in [0.29, 0.717) is 0 Å². The van der Waals surface area contributed by atoms with Crippen molar-refractivity contribution in [1.82, 2.24) is 10.2 Å². The standard InChI is InChI=1S/C8H14N4/c1-7(9)6-12(2)8-4-3-5-10-11-8/h3-5,7H,6,9H2,1-2H3. The number of nitrogens with zero attached hydrogens (tertiary/aromatic N) is 3. The summed E-state index contributed by atoms with van der Waals surface area (Å²) in [6.07, 6.45) is 1.66. The van der Waals surface area contributed by atoms with Crippen molar-refractivity contribution in [2.75, 3.05) is 18.5 Å². The van der Waals surface area contributed by atoms with Gasteiger partial charge in [-0.25, -0.2) is 0 Å². The van der Waals surface area contributed by atoms with Crippen LogP contribution < -0.4 is 10.6 Å². The van der Waals surface area contributed by atoms with Crippen molar-refractivity contribution >= 4 is 5.82 Å². The van der Waals surface area contributed by atoms with E-state index in [4.69, 9.17) is 5.73 Å². The molecule has 0 amide bonds. The first-order valence-electron chi connectivity index (χ1n) is 3.94. The number of aromatic nitrogens is 2. The maximum Gasteiger partial charge on any atom is 0.151 e. The summed E-state index contributed by atoms with van der Waals surface area (Å²) in [7, 11) is 1.95. The minimum atomic E-state index is 0.150. The third kappa shape index (κ3) is 2.47. The maximum absolute atomic E-state index is 5.64. The van der Waals surface area contributed by atoms with Crippen molar-refractivity contribution in [3.63, 3.8) is 0 Å². The molecule has 0 saturated carbocycles. The number of hydrogen-bond acceptors (Lipinski definition) is 4. The van der Waals surface area contributed by atoms with Gasteiger partial charge in [0.05, 0.1) is 0 Å². The Morgan fingerprint density at radius 1 is 1.67 bits per heavy atom. The van der Waals surface area contributed by atoms with Crippen molar-refractivity contribution < 1.29 is 0 Å². The molecule has 4 heteroatoms. The quantitative estimate of drug-likeness (QED) is 0.699. The Hall–Kier alpha value is -1.16. The topological polar surface area (TPSA) is 55.0 Å².